The summed E-state index contributed by atoms with van der Waals surface area (Å²) in [5, 5.41) is 0.749. The summed E-state index contributed by atoms with van der Waals surface area (Å²) in [5.41, 5.74) is 7.18. The van der Waals surface area contributed by atoms with Gasteiger partial charge in [0.25, 0.3) is 0 Å². The molecule has 3 heteroatoms. The van der Waals surface area contributed by atoms with Gasteiger partial charge < -0.3 is 10.5 Å². The molecule has 1 aliphatic rings. The van der Waals surface area contributed by atoms with E-state index in [4.69, 9.17) is 22.1 Å². The Hall–Kier alpha value is -0.570. The highest BCUT2D eigenvalue weighted by Crippen LogP contribution is 2.28. The minimum Gasteiger partial charge on any atom is -0.372 e. The molecule has 2 rings (SSSR count). The Morgan fingerprint density at radius 2 is 1.84 bits per heavy atom. The molecule has 2 N–H and O–H groups in total. The number of benzene rings is 1. The summed E-state index contributed by atoms with van der Waals surface area (Å²) in [5.74, 6) is 0.710. The van der Waals surface area contributed by atoms with Crippen LogP contribution in [0.25, 0.3) is 0 Å². The van der Waals surface area contributed by atoms with E-state index in [9.17, 15) is 0 Å². The largest absolute Gasteiger partial charge is 0.372 e. The summed E-state index contributed by atoms with van der Waals surface area (Å²) >= 11 is 5.92. The Bertz CT molecular complexity index is 371. The monoisotopic (exact) mass is 281 g/mol. The minimum absolute atomic E-state index is 0.00948. The van der Waals surface area contributed by atoms with Crippen LogP contribution in [0.4, 0.5) is 0 Å². The summed E-state index contributed by atoms with van der Waals surface area (Å²) in [4.78, 5) is 0. The van der Waals surface area contributed by atoms with Crippen LogP contribution in [0.1, 0.15) is 50.7 Å². The van der Waals surface area contributed by atoms with Crippen molar-refractivity contribution in [1.29, 1.82) is 0 Å². The second-order valence-corrected chi connectivity index (χ2v) is 6.11. The molecule has 106 valence electrons. The molecule has 2 unspecified atom stereocenters. The molecule has 1 fully saturated rings. The first-order chi connectivity index (χ1) is 9.16. The Kier molecular flexibility index (Phi) is 5.68. The van der Waals surface area contributed by atoms with Crippen LogP contribution in [0.15, 0.2) is 24.3 Å². The zero-order valence-electron chi connectivity index (χ0n) is 11.6. The molecule has 1 aromatic carbocycles. The van der Waals surface area contributed by atoms with Gasteiger partial charge in [-0.15, -0.1) is 0 Å². The first-order valence-corrected chi connectivity index (χ1v) is 7.67. The molecule has 1 aliphatic carbocycles. The average molecular weight is 282 g/mol. The second kappa shape index (κ2) is 7.28. The average Bonchev–Trinajstić information content (AvgIpc) is 2.42. The van der Waals surface area contributed by atoms with Crippen molar-refractivity contribution in [3.63, 3.8) is 0 Å². The number of rotatable bonds is 5. The quantitative estimate of drug-likeness (QED) is 0.872. The van der Waals surface area contributed by atoms with E-state index in [1.165, 1.54) is 32.1 Å². The summed E-state index contributed by atoms with van der Waals surface area (Å²) < 4.78 is 6.10. The van der Waals surface area contributed by atoms with Crippen LogP contribution in [0.3, 0.4) is 0 Å². The van der Waals surface area contributed by atoms with Gasteiger partial charge in [0.1, 0.15) is 0 Å². The fraction of sp³-hybridized carbons (Fsp3) is 0.625. The molecule has 0 spiro atoms. The first kappa shape index (κ1) is 14.8. The van der Waals surface area contributed by atoms with Crippen LogP contribution in [0.2, 0.25) is 5.02 Å². The van der Waals surface area contributed by atoms with Gasteiger partial charge in [-0.05, 0) is 43.4 Å². The Balaban J connectivity index is 1.94. The SMILES string of the molecule is CC(N)C(OCC1CCCCC1)c1ccc(Cl)cc1. The molecule has 1 saturated carbocycles. The van der Waals surface area contributed by atoms with Gasteiger partial charge in [-0.3, -0.25) is 0 Å². The van der Waals surface area contributed by atoms with E-state index in [1.807, 2.05) is 31.2 Å². The van der Waals surface area contributed by atoms with Crippen LogP contribution in [-0.4, -0.2) is 12.6 Å². The number of nitrogens with two attached hydrogens (primary N) is 1. The van der Waals surface area contributed by atoms with Crippen molar-refractivity contribution in [3.05, 3.63) is 34.9 Å². The van der Waals surface area contributed by atoms with Crippen LogP contribution in [0.5, 0.6) is 0 Å². The van der Waals surface area contributed by atoms with Crippen molar-refractivity contribution in [3.8, 4) is 0 Å². The van der Waals surface area contributed by atoms with Crippen molar-refractivity contribution in [1.82, 2.24) is 0 Å². The van der Waals surface area contributed by atoms with Crippen LogP contribution < -0.4 is 5.73 Å². The van der Waals surface area contributed by atoms with E-state index in [0.717, 1.165) is 17.2 Å². The number of hydrogen-bond donors (Lipinski definition) is 1. The molecule has 2 atom stereocenters. The lowest BCUT2D eigenvalue weighted by atomic mass is 9.90. The van der Waals surface area contributed by atoms with Crippen LogP contribution >= 0.6 is 11.6 Å². The lowest BCUT2D eigenvalue weighted by molar-refractivity contribution is 0.00823. The van der Waals surface area contributed by atoms with Gasteiger partial charge in [0, 0.05) is 11.1 Å². The lowest BCUT2D eigenvalue weighted by Crippen LogP contribution is -2.29. The maximum absolute atomic E-state index is 6.10. The molecule has 0 aliphatic heterocycles. The standard InChI is InChI=1S/C16H24ClNO/c1-12(18)16(14-7-9-15(17)10-8-14)19-11-13-5-3-2-4-6-13/h7-10,12-13,16H,2-6,11,18H2,1H3. The molecule has 0 heterocycles. The Morgan fingerprint density at radius 3 is 2.42 bits per heavy atom. The number of halogens is 1. The summed E-state index contributed by atoms with van der Waals surface area (Å²) in [6.07, 6.45) is 6.64. The van der Waals surface area contributed by atoms with Gasteiger partial charge in [0.2, 0.25) is 0 Å². The molecule has 2 nitrogen and oxygen atoms in total. The van der Waals surface area contributed by atoms with Crippen molar-refractivity contribution in [2.75, 3.05) is 6.61 Å². The van der Waals surface area contributed by atoms with E-state index in [0.29, 0.717) is 5.92 Å². The van der Waals surface area contributed by atoms with E-state index in [1.54, 1.807) is 0 Å². The third-order valence-electron chi connectivity index (χ3n) is 3.91. The molecule has 19 heavy (non-hydrogen) atoms. The van der Waals surface area contributed by atoms with Crippen molar-refractivity contribution < 1.29 is 4.74 Å². The third-order valence-corrected chi connectivity index (χ3v) is 4.16. The van der Waals surface area contributed by atoms with Gasteiger partial charge in [-0.1, -0.05) is 43.0 Å². The second-order valence-electron chi connectivity index (χ2n) is 5.67. The van der Waals surface area contributed by atoms with Gasteiger partial charge in [0.15, 0.2) is 0 Å². The fourth-order valence-electron chi connectivity index (χ4n) is 2.80. The first-order valence-electron chi connectivity index (χ1n) is 7.29. The molecular weight excluding hydrogens is 258 g/mol. The highest BCUT2D eigenvalue weighted by Gasteiger charge is 2.20. The molecular formula is C16H24ClNO. The summed E-state index contributed by atoms with van der Waals surface area (Å²) in [6.45, 7) is 2.83. The third kappa shape index (κ3) is 4.48. The summed E-state index contributed by atoms with van der Waals surface area (Å²) in [7, 11) is 0. The summed E-state index contributed by atoms with van der Waals surface area (Å²) in [6, 6.07) is 7.81. The number of hydrogen-bond acceptors (Lipinski definition) is 2. The molecule has 0 bridgehead atoms. The lowest BCUT2D eigenvalue weighted by Gasteiger charge is -2.27. The van der Waals surface area contributed by atoms with Crippen LogP contribution in [0, 0.1) is 5.92 Å². The van der Waals surface area contributed by atoms with E-state index < -0.39 is 0 Å². The van der Waals surface area contributed by atoms with E-state index in [-0.39, 0.29) is 12.1 Å². The Labute approximate surface area is 121 Å². The highest BCUT2D eigenvalue weighted by molar-refractivity contribution is 6.30. The molecule has 0 amide bonds. The zero-order valence-corrected chi connectivity index (χ0v) is 12.4. The predicted molar refractivity (Wildman–Crippen MR) is 80.4 cm³/mol. The molecule has 0 saturated heterocycles. The van der Waals surface area contributed by atoms with E-state index in [2.05, 4.69) is 0 Å². The number of ether oxygens (including phenoxy) is 1. The van der Waals surface area contributed by atoms with Gasteiger partial charge in [-0.25, -0.2) is 0 Å². The Morgan fingerprint density at radius 1 is 1.21 bits per heavy atom. The molecule has 0 aromatic heterocycles. The van der Waals surface area contributed by atoms with Gasteiger partial charge in [0.05, 0.1) is 12.7 Å². The van der Waals surface area contributed by atoms with Crippen molar-refractivity contribution in [2.45, 2.75) is 51.2 Å². The van der Waals surface area contributed by atoms with Crippen molar-refractivity contribution >= 4 is 11.6 Å². The zero-order chi connectivity index (χ0) is 13.7. The van der Waals surface area contributed by atoms with Gasteiger partial charge in [-0.2, -0.15) is 0 Å². The maximum Gasteiger partial charge on any atom is 0.0973 e. The maximum atomic E-state index is 6.10. The van der Waals surface area contributed by atoms with E-state index >= 15 is 0 Å². The normalized spacial score (nSPS) is 20.2. The smallest absolute Gasteiger partial charge is 0.0973 e. The van der Waals surface area contributed by atoms with Crippen molar-refractivity contribution in [2.24, 2.45) is 11.7 Å². The fourth-order valence-corrected chi connectivity index (χ4v) is 2.92. The highest BCUT2D eigenvalue weighted by atomic mass is 35.5. The molecule has 1 aromatic rings. The topological polar surface area (TPSA) is 35.2 Å². The molecule has 0 radical (unpaired) electrons. The van der Waals surface area contributed by atoms with Crippen LogP contribution in [-0.2, 0) is 4.74 Å². The van der Waals surface area contributed by atoms with Gasteiger partial charge >= 0.3 is 0 Å². The minimum atomic E-state index is -0.0285. The predicted octanol–water partition coefficient (Wildman–Crippen LogP) is 4.33.